The highest BCUT2D eigenvalue weighted by Crippen LogP contribution is 2.41. The van der Waals surface area contributed by atoms with Gasteiger partial charge in [0, 0.05) is 14.3 Å². The average Bonchev–Trinajstić information content (AvgIpc) is 2.40. The van der Waals surface area contributed by atoms with Gasteiger partial charge >= 0.3 is 12.1 Å². The van der Waals surface area contributed by atoms with E-state index in [1.807, 2.05) is 0 Å². The van der Waals surface area contributed by atoms with Crippen molar-refractivity contribution < 1.29 is 23.1 Å². The smallest absolute Gasteiger partial charge is 0.417 e. The van der Waals surface area contributed by atoms with Crippen molar-refractivity contribution in [2.45, 2.75) is 16.0 Å². The lowest BCUT2D eigenvalue weighted by Crippen LogP contribution is -2.07. The van der Waals surface area contributed by atoms with Crippen molar-refractivity contribution in [3.63, 3.8) is 0 Å². The number of alkyl halides is 3. The van der Waals surface area contributed by atoms with E-state index in [1.54, 1.807) is 6.07 Å². The highest BCUT2D eigenvalue weighted by Gasteiger charge is 2.34. The zero-order valence-electron chi connectivity index (χ0n) is 10.3. The Morgan fingerprint density at radius 2 is 1.76 bits per heavy atom. The van der Waals surface area contributed by atoms with Crippen LogP contribution in [0.3, 0.4) is 0 Å². The molecule has 0 saturated carbocycles. The van der Waals surface area contributed by atoms with E-state index < -0.39 is 17.7 Å². The van der Waals surface area contributed by atoms with Gasteiger partial charge in [-0.15, -0.1) is 0 Å². The molecular formula is C14H8BrF3O2S. The maximum atomic E-state index is 13.0. The van der Waals surface area contributed by atoms with Gasteiger partial charge in [-0.2, -0.15) is 13.2 Å². The molecule has 0 radical (unpaired) electrons. The van der Waals surface area contributed by atoms with E-state index in [1.165, 1.54) is 30.3 Å². The number of carbonyl (C=O) groups is 1. The highest BCUT2D eigenvalue weighted by molar-refractivity contribution is 9.10. The van der Waals surface area contributed by atoms with Crippen molar-refractivity contribution >= 4 is 33.7 Å². The van der Waals surface area contributed by atoms with Crippen LogP contribution in [0, 0.1) is 0 Å². The fourth-order valence-electron chi connectivity index (χ4n) is 1.66. The third kappa shape index (κ3) is 3.79. The molecule has 0 aliphatic heterocycles. The van der Waals surface area contributed by atoms with Crippen LogP contribution in [0.15, 0.2) is 56.7 Å². The van der Waals surface area contributed by atoms with Gasteiger partial charge in [0.1, 0.15) is 0 Å². The number of benzene rings is 2. The molecule has 0 bridgehead atoms. The van der Waals surface area contributed by atoms with E-state index in [-0.39, 0.29) is 15.4 Å². The van der Waals surface area contributed by atoms with Gasteiger partial charge in [0.15, 0.2) is 0 Å². The van der Waals surface area contributed by atoms with Gasteiger partial charge in [-0.3, -0.25) is 0 Å². The number of halogens is 4. The Balaban J connectivity index is 2.48. The molecule has 0 spiro atoms. The Bertz CT molecular complexity index is 686. The fraction of sp³-hybridized carbons (Fsp3) is 0.0714. The standard InChI is InChI=1S/C14H8BrF3O2S/c15-8-5-6-12(10(7-8)14(16,17)18)21-11-4-2-1-3-9(11)13(19)20/h1-7H,(H,19,20). The normalized spacial score (nSPS) is 11.4. The molecule has 0 saturated heterocycles. The predicted octanol–water partition coefficient (Wildman–Crippen LogP) is 5.32. The summed E-state index contributed by atoms with van der Waals surface area (Å²) in [5.74, 6) is -1.18. The molecule has 2 aromatic rings. The van der Waals surface area contributed by atoms with Crippen LogP contribution >= 0.6 is 27.7 Å². The molecule has 110 valence electrons. The van der Waals surface area contributed by atoms with E-state index in [2.05, 4.69) is 15.9 Å². The summed E-state index contributed by atoms with van der Waals surface area (Å²) in [6.45, 7) is 0. The molecule has 0 unspecified atom stereocenters. The lowest BCUT2D eigenvalue weighted by molar-refractivity contribution is -0.139. The van der Waals surface area contributed by atoms with Gasteiger partial charge in [0.05, 0.1) is 11.1 Å². The van der Waals surface area contributed by atoms with Crippen LogP contribution in [-0.4, -0.2) is 11.1 Å². The van der Waals surface area contributed by atoms with E-state index >= 15 is 0 Å². The maximum Gasteiger partial charge on any atom is 0.417 e. The Morgan fingerprint density at radius 3 is 2.38 bits per heavy atom. The summed E-state index contributed by atoms with van der Waals surface area (Å²) in [5, 5.41) is 9.07. The first-order valence-corrected chi connectivity index (χ1v) is 7.27. The van der Waals surface area contributed by atoms with Crippen LogP contribution in [0.25, 0.3) is 0 Å². The van der Waals surface area contributed by atoms with Gasteiger partial charge in [0.25, 0.3) is 0 Å². The summed E-state index contributed by atoms with van der Waals surface area (Å²) < 4.78 is 39.4. The Hall–Kier alpha value is -1.47. The van der Waals surface area contributed by atoms with Crippen molar-refractivity contribution in [1.29, 1.82) is 0 Å². The lowest BCUT2D eigenvalue weighted by atomic mass is 10.2. The van der Waals surface area contributed by atoms with Crippen molar-refractivity contribution in [1.82, 2.24) is 0 Å². The Kier molecular flexibility index (Phi) is 4.63. The van der Waals surface area contributed by atoms with Crippen molar-refractivity contribution in [2.24, 2.45) is 0 Å². The number of carboxylic acids is 1. The van der Waals surface area contributed by atoms with Crippen LogP contribution in [0.4, 0.5) is 13.2 Å². The molecule has 0 amide bonds. The molecule has 1 N–H and O–H groups in total. The molecule has 0 aliphatic rings. The third-order valence-corrected chi connectivity index (χ3v) is 4.23. The van der Waals surface area contributed by atoms with E-state index in [0.29, 0.717) is 4.47 Å². The first-order valence-electron chi connectivity index (χ1n) is 5.66. The Labute approximate surface area is 131 Å². The first-order chi connectivity index (χ1) is 9.79. The van der Waals surface area contributed by atoms with Crippen LogP contribution in [0.5, 0.6) is 0 Å². The molecule has 0 atom stereocenters. The summed E-state index contributed by atoms with van der Waals surface area (Å²) in [6.07, 6.45) is -4.51. The summed E-state index contributed by atoms with van der Waals surface area (Å²) in [4.78, 5) is 11.3. The summed E-state index contributed by atoms with van der Waals surface area (Å²) in [7, 11) is 0. The van der Waals surface area contributed by atoms with Crippen LogP contribution in [-0.2, 0) is 6.18 Å². The predicted molar refractivity (Wildman–Crippen MR) is 76.7 cm³/mol. The molecule has 0 heterocycles. The second kappa shape index (κ2) is 6.11. The molecule has 0 aliphatic carbocycles. The quantitative estimate of drug-likeness (QED) is 0.787. The topological polar surface area (TPSA) is 37.3 Å². The highest BCUT2D eigenvalue weighted by atomic mass is 79.9. The zero-order valence-corrected chi connectivity index (χ0v) is 12.7. The van der Waals surface area contributed by atoms with Crippen molar-refractivity contribution in [3.05, 3.63) is 58.1 Å². The number of aromatic carboxylic acids is 1. The van der Waals surface area contributed by atoms with E-state index in [9.17, 15) is 18.0 Å². The van der Waals surface area contributed by atoms with Crippen LogP contribution in [0.2, 0.25) is 0 Å². The minimum absolute atomic E-state index is 0.0291. The van der Waals surface area contributed by atoms with E-state index in [4.69, 9.17) is 5.11 Å². The SMILES string of the molecule is O=C(O)c1ccccc1Sc1ccc(Br)cc1C(F)(F)F. The maximum absolute atomic E-state index is 13.0. The minimum Gasteiger partial charge on any atom is -0.478 e. The molecule has 7 heteroatoms. The van der Waals surface area contributed by atoms with Gasteiger partial charge in [-0.25, -0.2) is 4.79 Å². The van der Waals surface area contributed by atoms with Gasteiger partial charge in [-0.05, 0) is 30.3 Å². The van der Waals surface area contributed by atoms with Crippen LogP contribution < -0.4 is 0 Å². The van der Waals surface area contributed by atoms with Gasteiger partial charge < -0.3 is 5.11 Å². The molecule has 0 fully saturated rings. The van der Waals surface area contributed by atoms with Gasteiger partial charge in [0.2, 0.25) is 0 Å². The first kappa shape index (κ1) is 15.9. The molecular weight excluding hydrogens is 369 g/mol. The second-order valence-electron chi connectivity index (χ2n) is 4.04. The van der Waals surface area contributed by atoms with Gasteiger partial charge in [-0.1, -0.05) is 39.8 Å². The summed E-state index contributed by atoms with van der Waals surface area (Å²) in [5.41, 5.74) is -0.833. The molecule has 2 aromatic carbocycles. The third-order valence-electron chi connectivity index (χ3n) is 2.58. The number of rotatable bonds is 3. The molecule has 0 aromatic heterocycles. The largest absolute Gasteiger partial charge is 0.478 e. The Morgan fingerprint density at radius 1 is 1.10 bits per heavy atom. The molecule has 21 heavy (non-hydrogen) atoms. The van der Waals surface area contributed by atoms with Crippen LogP contribution in [0.1, 0.15) is 15.9 Å². The van der Waals surface area contributed by atoms with Crippen molar-refractivity contribution in [2.75, 3.05) is 0 Å². The molecule has 2 nitrogen and oxygen atoms in total. The zero-order chi connectivity index (χ0) is 15.6. The summed E-state index contributed by atoms with van der Waals surface area (Å²) >= 11 is 3.79. The average molecular weight is 377 g/mol. The van der Waals surface area contributed by atoms with Crippen molar-refractivity contribution in [3.8, 4) is 0 Å². The second-order valence-corrected chi connectivity index (χ2v) is 6.04. The number of hydrogen-bond acceptors (Lipinski definition) is 2. The fourth-order valence-corrected chi connectivity index (χ4v) is 3.09. The number of carboxylic acid groups (broad SMARTS) is 1. The monoisotopic (exact) mass is 376 g/mol. The number of hydrogen-bond donors (Lipinski definition) is 1. The molecule has 2 rings (SSSR count). The summed E-state index contributed by atoms with van der Waals surface area (Å²) in [6, 6.07) is 9.73. The lowest BCUT2D eigenvalue weighted by Gasteiger charge is -2.13. The van der Waals surface area contributed by atoms with E-state index in [0.717, 1.165) is 17.8 Å². The minimum atomic E-state index is -4.51.